The van der Waals surface area contributed by atoms with Crippen LogP contribution in [0.25, 0.3) is 6.08 Å². The van der Waals surface area contributed by atoms with E-state index in [2.05, 4.69) is 5.32 Å². The summed E-state index contributed by atoms with van der Waals surface area (Å²) < 4.78 is 0. The Kier molecular flexibility index (Phi) is 5.66. The largest absolute Gasteiger partial charge is 0.347 e. The first-order valence-electron chi connectivity index (χ1n) is 6.89. The summed E-state index contributed by atoms with van der Waals surface area (Å²) in [7, 11) is 0. The van der Waals surface area contributed by atoms with Crippen molar-refractivity contribution in [1.82, 2.24) is 5.32 Å². The molecule has 0 saturated heterocycles. The number of hydrogen-bond donors (Lipinski definition) is 1. The molecule has 2 aromatic rings. The molecule has 0 radical (unpaired) electrons. The Hall–Kier alpha value is -3.17. The molecule has 0 spiro atoms. The lowest BCUT2D eigenvalue weighted by atomic mass is 10.1. The molecule has 0 aliphatic rings. The molecular weight excluding hydrogens is 330 g/mol. The predicted molar refractivity (Wildman–Crippen MR) is 90.0 cm³/mol. The van der Waals surface area contributed by atoms with Crippen LogP contribution in [0.15, 0.2) is 54.1 Å². The van der Waals surface area contributed by atoms with E-state index >= 15 is 0 Å². The zero-order valence-corrected chi connectivity index (χ0v) is 13.2. The summed E-state index contributed by atoms with van der Waals surface area (Å²) in [5.74, 6) is -0.532. The Labute approximate surface area is 143 Å². The predicted octanol–water partition coefficient (Wildman–Crippen LogP) is 3.47. The highest BCUT2D eigenvalue weighted by atomic mass is 35.5. The fourth-order valence-electron chi connectivity index (χ4n) is 1.95. The number of carbonyl (C=O) groups excluding carboxylic acids is 1. The average molecular weight is 342 g/mol. The van der Waals surface area contributed by atoms with Crippen molar-refractivity contribution >= 4 is 29.3 Å². The molecule has 0 saturated carbocycles. The van der Waals surface area contributed by atoms with Gasteiger partial charge in [0.2, 0.25) is 0 Å². The average Bonchev–Trinajstić information content (AvgIpc) is 2.58. The van der Waals surface area contributed by atoms with Gasteiger partial charge in [-0.25, -0.2) is 0 Å². The summed E-state index contributed by atoms with van der Waals surface area (Å²) in [6.45, 7) is 0.291. The van der Waals surface area contributed by atoms with Crippen molar-refractivity contribution in [2.75, 3.05) is 0 Å². The number of nitriles is 1. The highest BCUT2D eigenvalue weighted by Gasteiger charge is 2.13. The van der Waals surface area contributed by atoms with Gasteiger partial charge >= 0.3 is 0 Å². The minimum Gasteiger partial charge on any atom is -0.347 e. The van der Waals surface area contributed by atoms with E-state index in [1.165, 1.54) is 24.3 Å². The van der Waals surface area contributed by atoms with Crippen LogP contribution in [0.1, 0.15) is 11.1 Å². The number of hydrogen-bond acceptors (Lipinski definition) is 4. The molecule has 2 rings (SSSR count). The summed E-state index contributed by atoms with van der Waals surface area (Å²) >= 11 is 5.82. The fourth-order valence-corrected chi connectivity index (χ4v) is 2.21. The SMILES string of the molecule is N#C/C(=C\c1ccc([N+](=O)[O-])c(Cl)c1)C(=O)NCc1ccccc1. The van der Waals surface area contributed by atoms with Crippen LogP contribution in [-0.4, -0.2) is 10.8 Å². The van der Waals surface area contributed by atoms with Crippen LogP contribution >= 0.6 is 11.6 Å². The molecule has 0 aliphatic heterocycles. The summed E-state index contributed by atoms with van der Waals surface area (Å²) in [5, 5.41) is 22.5. The number of halogens is 1. The van der Waals surface area contributed by atoms with Crippen molar-refractivity contribution in [3.8, 4) is 6.07 Å². The number of carbonyl (C=O) groups is 1. The lowest BCUT2D eigenvalue weighted by molar-refractivity contribution is -0.384. The molecule has 1 N–H and O–H groups in total. The van der Waals surface area contributed by atoms with E-state index in [0.717, 1.165) is 5.56 Å². The first-order valence-corrected chi connectivity index (χ1v) is 7.27. The van der Waals surface area contributed by atoms with Crippen molar-refractivity contribution in [1.29, 1.82) is 5.26 Å². The van der Waals surface area contributed by atoms with Gasteiger partial charge in [-0.05, 0) is 29.3 Å². The van der Waals surface area contributed by atoms with Crippen molar-refractivity contribution in [3.05, 3.63) is 80.4 Å². The van der Waals surface area contributed by atoms with Gasteiger partial charge < -0.3 is 5.32 Å². The van der Waals surface area contributed by atoms with Gasteiger partial charge in [0, 0.05) is 12.6 Å². The molecule has 0 heterocycles. The normalized spacial score (nSPS) is 10.8. The molecule has 1 amide bonds. The number of benzene rings is 2. The molecule has 2 aromatic carbocycles. The van der Waals surface area contributed by atoms with E-state index in [4.69, 9.17) is 16.9 Å². The Balaban J connectivity index is 2.14. The second-order valence-electron chi connectivity index (χ2n) is 4.81. The molecule has 0 fully saturated rings. The standard InChI is InChI=1S/C17H12ClN3O3/c18-15-9-13(6-7-16(15)21(23)24)8-14(10-19)17(22)20-11-12-4-2-1-3-5-12/h1-9H,11H2,(H,20,22)/b14-8+. The summed E-state index contributed by atoms with van der Waals surface area (Å²) in [6.07, 6.45) is 1.33. The maximum absolute atomic E-state index is 12.1. The Morgan fingerprint density at radius 2 is 2.00 bits per heavy atom. The quantitative estimate of drug-likeness (QED) is 0.390. The molecule has 0 unspecified atom stereocenters. The number of amides is 1. The van der Waals surface area contributed by atoms with Crippen molar-refractivity contribution in [2.45, 2.75) is 6.54 Å². The summed E-state index contributed by atoms with van der Waals surface area (Å²) in [4.78, 5) is 22.2. The van der Waals surface area contributed by atoms with Gasteiger partial charge in [0.05, 0.1) is 4.92 Å². The van der Waals surface area contributed by atoms with Crippen LogP contribution < -0.4 is 5.32 Å². The third-order valence-corrected chi connectivity index (χ3v) is 3.44. The Morgan fingerprint density at radius 3 is 2.58 bits per heavy atom. The van der Waals surface area contributed by atoms with Crippen LogP contribution in [0.2, 0.25) is 5.02 Å². The van der Waals surface area contributed by atoms with Crippen LogP contribution in [0.4, 0.5) is 5.69 Å². The first kappa shape index (κ1) is 17.2. The highest BCUT2D eigenvalue weighted by Crippen LogP contribution is 2.25. The molecule has 6 nitrogen and oxygen atoms in total. The molecule has 120 valence electrons. The van der Waals surface area contributed by atoms with E-state index in [0.29, 0.717) is 12.1 Å². The lowest BCUT2D eigenvalue weighted by Crippen LogP contribution is -2.23. The van der Waals surface area contributed by atoms with Gasteiger partial charge in [-0.15, -0.1) is 0 Å². The number of rotatable bonds is 5. The minimum atomic E-state index is -0.604. The minimum absolute atomic E-state index is 0.0595. The number of nitro groups is 1. The van der Waals surface area contributed by atoms with Gasteiger partial charge in [0.25, 0.3) is 11.6 Å². The number of nitrogens with zero attached hydrogens (tertiary/aromatic N) is 2. The Morgan fingerprint density at radius 1 is 1.29 bits per heavy atom. The fraction of sp³-hybridized carbons (Fsp3) is 0.0588. The van der Waals surface area contributed by atoms with E-state index in [9.17, 15) is 14.9 Å². The van der Waals surface area contributed by atoms with E-state index in [1.54, 1.807) is 0 Å². The second-order valence-corrected chi connectivity index (χ2v) is 5.21. The summed E-state index contributed by atoms with van der Waals surface area (Å²) in [6, 6.07) is 15.1. The smallest absolute Gasteiger partial charge is 0.287 e. The molecule has 0 bridgehead atoms. The van der Waals surface area contributed by atoms with E-state index in [1.807, 2.05) is 36.4 Å². The highest BCUT2D eigenvalue weighted by molar-refractivity contribution is 6.32. The van der Waals surface area contributed by atoms with Crippen LogP contribution in [0.5, 0.6) is 0 Å². The topological polar surface area (TPSA) is 96.0 Å². The number of nitrogens with one attached hydrogen (secondary N) is 1. The molecule has 0 aliphatic carbocycles. The first-order chi connectivity index (χ1) is 11.5. The van der Waals surface area contributed by atoms with Crippen LogP contribution in [-0.2, 0) is 11.3 Å². The Bertz CT molecular complexity index is 842. The zero-order valence-electron chi connectivity index (χ0n) is 12.4. The van der Waals surface area contributed by atoms with Gasteiger partial charge in [-0.1, -0.05) is 41.9 Å². The molecular formula is C17H12ClN3O3. The number of nitro benzene ring substituents is 1. The van der Waals surface area contributed by atoms with Gasteiger partial charge in [0.15, 0.2) is 0 Å². The molecule has 0 atom stereocenters. The molecule has 0 aromatic heterocycles. The van der Waals surface area contributed by atoms with Crippen molar-refractivity contribution < 1.29 is 9.72 Å². The van der Waals surface area contributed by atoms with Crippen LogP contribution in [0.3, 0.4) is 0 Å². The third-order valence-electron chi connectivity index (χ3n) is 3.14. The second kappa shape index (κ2) is 7.90. The van der Waals surface area contributed by atoms with Crippen molar-refractivity contribution in [2.24, 2.45) is 0 Å². The van der Waals surface area contributed by atoms with E-state index in [-0.39, 0.29) is 16.3 Å². The third kappa shape index (κ3) is 4.41. The molecule has 7 heteroatoms. The van der Waals surface area contributed by atoms with Gasteiger partial charge in [-0.2, -0.15) is 5.26 Å². The maximum atomic E-state index is 12.1. The van der Waals surface area contributed by atoms with Gasteiger partial charge in [-0.3, -0.25) is 14.9 Å². The lowest BCUT2D eigenvalue weighted by Gasteiger charge is -2.04. The van der Waals surface area contributed by atoms with Crippen LogP contribution in [0, 0.1) is 21.4 Å². The van der Waals surface area contributed by atoms with E-state index < -0.39 is 10.8 Å². The zero-order chi connectivity index (χ0) is 17.5. The molecule has 24 heavy (non-hydrogen) atoms. The van der Waals surface area contributed by atoms with Crippen molar-refractivity contribution in [3.63, 3.8) is 0 Å². The monoisotopic (exact) mass is 341 g/mol. The maximum Gasteiger partial charge on any atom is 0.287 e. The summed E-state index contributed by atoms with van der Waals surface area (Å²) in [5.41, 5.74) is 0.982. The van der Waals surface area contributed by atoms with Gasteiger partial charge in [0.1, 0.15) is 16.7 Å².